The number of aromatic nitrogens is 3. The first-order valence-electron chi connectivity index (χ1n) is 7.71. The van der Waals surface area contributed by atoms with Crippen LogP contribution in [0.25, 0.3) is 21.9 Å². The van der Waals surface area contributed by atoms with Gasteiger partial charge in [-0.1, -0.05) is 41.6 Å². The van der Waals surface area contributed by atoms with Crippen molar-refractivity contribution in [2.75, 3.05) is 11.1 Å². The Morgan fingerprint density at radius 2 is 2.08 bits per heavy atom. The molecule has 0 atom stereocenters. The smallest absolute Gasteiger partial charge is 0.234 e. The van der Waals surface area contributed by atoms with Gasteiger partial charge >= 0.3 is 0 Å². The molecule has 0 aliphatic carbocycles. The van der Waals surface area contributed by atoms with E-state index in [9.17, 15) is 9.18 Å². The molecule has 0 aliphatic heterocycles. The quantitative estimate of drug-likeness (QED) is 0.396. The number of benzene rings is 2. The van der Waals surface area contributed by atoms with Crippen molar-refractivity contribution in [3.05, 3.63) is 59.6 Å². The number of rotatable bonds is 4. The molecule has 130 valence electrons. The number of hydrogen-bond acceptors (Lipinski definition) is 4. The Morgan fingerprint density at radius 1 is 1.23 bits per heavy atom. The first-order valence-corrected chi connectivity index (χ1v) is 9.07. The molecule has 4 aromatic rings. The predicted molar refractivity (Wildman–Crippen MR) is 102 cm³/mol. The van der Waals surface area contributed by atoms with Crippen LogP contribution in [0.1, 0.15) is 0 Å². The molecule has 8 heteroatoms. The number of amides is 1. The number of nitrogens with one attached hydrogen (secondary N) is 2. The Kier molecular flexibility index (Phi) is 4.48. The third-order valence-corrected chi connectivity index (χ3v) is 5.08. The van der Waals surface area contributed by atoms with Crippen LogP contribution in [-0.2, 0) is 4.79 Å². The van der Waals surface area contributed by atoms with Crippen molar-refractivity contribution in [3.8, 4) is 0 Å². The van der Waals surface area contributed by atoms with E-state index >= 15 is 0 Å². The van der Waals surface area contributed by atoms with E-state index in [1.807, 2.05) is 24.3 Å². The lowest BCUT2D eigenvalue weighted by Crippen LogP contribution is -2.14. The number of fused-ring (bicyclic) bond motifs is 3. The molecule has 0 bridgehead atoms. The Hall–Kier alpha value is -2.64. The number of carbonyl (C=O) groups is 1. The van der Waals surface area contributed by atoms with Gasteiger partial charge in [-0.15, -0.1) is 0 Å². The first-order chi connectivity index (χ1) is 12.6. The van der Waals surface area contributed by atoms with Gasteiger partial charge in [0.2, 0.25) is 5.91 Å². The summed E-state index contributed by atoms with van der Waals surface area (Å²) in [4.78, 5) is 24.1. The number of anilines is 1. The van der Waals surface area contributed by atoms with Crippen LogP contribution in [0.2, 0.25) is 5.02 Å². The maximum absolute atomic E-state index is 13.2. The number of aromatic amines is 1. The fourth-order valence-electron chi connectivity index (χ4n) is 2.63. The van der Waals surface area contributed by atoms with Crippen LogP contribution in [0.15, 0.2) is 53.8 Å². The lowest BCUT2D eigenvalue weighted by molar-refractivity contribution is -0.113. The Morgan fingerprint density at radius 3 is 2.92 bits per heavy atom. The van der Waals surface area contributed by atoms with E-state index in [0.717, 1.165) is 21.9 Å². The topological polar surface area (TPSA) is 70.7 Å². The van der Waals surface area contributed by atoms with E-state index < -0.39 is 5.82 Å². The van der Waals surface area contributed by atoms with Crippen LogP contribution in [0.3, 0.4) is 0 Å². The molecular formula is C18H12ClFN4OS. The zero-order valence-electron chi connectivity index (χ0n) is 13.3. The summed E-state index contributed by atoms with van der Waals surface area (Å²) in [6.07, 6.45) is 1.49. The molecule has 2 heterocycles. The molecule has 0 saturated heterocycles. The number of halogens is 2. The number of nitrogens with zero attached hydrogens (tertiary/aromatic N) is 2. The van der Waals surface area contributed by atoms with Gasteiger partial charge in [0.1, 0.15) is 22.7 Å². The van der Waals surface area contributed by atoms with Crippen LogP contribution >= 0.6 is 23.4 Å². The van der Waals surface area contributed by atoms with Gasteiger partial charge in [-0.3, -0.25) is 4.79 Å². The van der Waals surface area contributed by atoms with Crippen molar-refractivity contribution in [1.29, 1.82) is 0 Å². The summed E-state index contributed by atoms with van der Waals surface area (Å²) < 4.78 is 13.2. The number of hydrogen-bond donors (Lipinski definition) is 2. The van der Waals surface area contributed by atoms with E-state index in [-0.39, 0.29) is 16.7 Å². The van der Waals surface area contributed by atoms with Gasteiger partial charge in [0.25, 0.3) is 0 Å². The van der Waals surface area contributed by atoms with E-state index in [2.05, 4.69) is 20.3 Å². The molecule has 4 rings (SSSR count). The minimum Gasteiger partial charge on any atom is -0.351 e. The largest absolute Gasteiger partial charge is 0.351 e. The molecule has 2 N–H and O–H groups in total. The molecule has 0 aliphatic rings. The summed E-state index contributed by atoms with van der Waals surface area (Å²) in [6, 6.07) is 11.9. The van der Waals surface area contributed by atoms with Crippen molar-refractivity contribution in [1.82, 2.24) is 15.0 Å². The molecule has 0 fully saturated rings. The van der Waals surface area contributed by atoms with E-state index in [1.165, 1.54) is 36.3 Å². The van der Waals surface area contributed by atoms with Crippen LogP contribution < -0.4 is 5.32 Å². The van der Waals surface area contributed by atoms with Crippen LogP contribution in [0.4, 0.5) is 10.1 Å². The summed E-state index contributed by atoms with van der Waals surface area (Å²) in [7, 11) is 0. The minimum atomic E-state index is -0.527. The average Bonchev–Trinajstić information content (AvgIpc) is 3.02. The van der Waals surface area contributed by atoms with Crippen LogP contribution in [0, 0.1) is 5.82 Å². The van der Waals surface area contributed by atoms with Gasteiger partial charge in [-0.2, -0.15) is 0 Å². The van der Waals surface area contributed by atoms with Gasteiger partial charge in [0.15, 0.2) is 0 Å². The van der Waals surface area contributed by atoms with E-state index in [1.54, 1.807) is 0 Å². The molecule has 0 unspecified atom stereocenters. The highest BCUT2D eigenvalue weighted by Crippen LogP contribution is 2.29. The van der Waals surface area contributed by atoms with Crippen LogP contribution in [-0.4, -0.2) is 26.6 Å². The van der Waals surface area contributed by atoms with Crippen LogP contribution in [0.5, 0.6) is 0 Å². The Bertz CT molecular complexity index is 1130. The summed E-state index contributed by atoms with van der Waals surface area (Å²) >= 11 is 7.02. The predicted octanol–water partition coefficient (Wildman–Crippen LogP) is 4.63. The minimum absolute atomic E-state index is 0.0361. The van der Waals surface area contributed by atoms with Gasteiger partial charge < -0.3 is 10.3 Å². The Labute approximate surface area is 157 Å². The molecule has 2 aromatic heterocycles. The second-order valence-electron chi connectivity index (χ2n) is 5.54. The molecular weight excluding hydrogens is 375 g/mol. The molecule has 26 heavy (non-hydrogen) atoms. The number of H-pyrrole nitrogens is 1. The molecule has 0 radical (unpaired) electrons. The standard InChI is InChI=1S/C18H12ClFN4OS/c19-12-7-10(5-6-13(12)20)23-15(25)8-26-18-17-16(21-9-22-18)11-3-1-2-4-14(11)24-17/h1-7,9,24H,8H2,(H,23,25). The number of carbonyl (C=O) groups excluding carboxylic acids is 1. The summed E-state index contributed by atoms with van der Waals surface area (Å²) in [5.74, 6) is -0.613. The highest BCUT2D eigenvalue weighted by molar-refractivity contribution is 8.00. The fraction of sp³-hybridized carbons (Fsp3) is 0.0556. The van der Waals surface area contributed by atoms with Crippen molar-refractivity contribution in [2.24, 2.45) is 0 Å². The second-order valence-corrected chi connectivity index (χ2v) is 6.91. The van der Waals surface area contributed by atoms with Crippen molar-refractivity contribution < 1.29 is 9.18 Å². The maximum Gasteiger partial charge on any atom is 0.234 e. The molecule has 0 saturated carbocycles. The Balaban J connectivity index is 1.52. The monoisotopic (exact) mass is 386 g/mol. The highest BCUT2D eigenvalue weighted by atomic mass is 35.5. The highest BCUT2D eigenvalue weighted by Gasteiger charge is 2.12. The third kappa shape index (κ3) is 3.23. The van der Waals surface area contributed by atoms with Crippen molar-refractivity contribution >= 4 is 56.9 Å². The van der Waals surface area contributed by atoms with Gasteiger partial charge in [0, 0.05) is 16.6 Å². The van der Waals surface area contributed by atoms with Gasteiger partial charge in [-0.25, -0.2) is 14.4 Å². The van der Waals surface area contributed by atoms with Crippen molar-refractivity contribution in [3.63, 3.8) is 0 Å². The SMILES string of the molecule is O=C(CSc1ncnc2c1[nH]c1ccccc12)Nc1ccc(F)c(Cl)c1. The second kappa shape index (κ2) is 6.93. The summed E-state index contributed by atoms with van der Waals surface area (Å²) in [5, 5.41) is 4.36. The average molecular weight is 387 g/mol. The lowest BCUT2D eigenvalue weighted by Gasteiger charge is -2.06. The lowest BCUT2D eigenvalue weighted by atomic mass is 10.2. The number of para-hydroxylation sites is 1. The van der Waals surface area contributed by atoms with Gasteiger partial charge in [0.05, 0.1) is 16.3 Å². The maximum atomic E-state index is 13.2. The summed E-state index contributed by atoms with van der Waals surface area (Å²) in [5.41, 5.74) is 3.04. The summed E-state index contributed by atoms with van der Waals surface area (Å²) in [6.45, 7) is 0. The first kappa shape index (κ1) is 16.8. The molecule has 2 aromatic carbocycles. The normalized spacial score (nSPS) is 11.2. The van der Waals surface area contributed by atoms with Gasteiger partial charge in [-0.05, 0) is 24.3 Å². The number of thioether (sulfide) groups is 1. The molecule has 1 amide bonds. The third-order valence-electron chi connectivity index (χ3n) is 3.80. The fourth-order valence-corrected chi connectivity index (χ4v) is 3.57. The zero-order chi connectivity index (χ0) is 18.1. The molecule has 5 nitrogen and oxygen atoms in total. The molecule has 0 spiro atoms. The van der Waals surface area contributed by atoms with E-state index in [4.69, 9.17) is 11.6 Å². The zero-order valence-corrected chi connectivity index (χ0v) is 14.9. The van der Waals surface area contributed by atoms with E-state index in [0.29, 0.717) is 10.7 Å². The van der Waals surface area contributed by atoms with Crippen molar-refractivity contribution in [2.45, 2.75) is 5.03 Å².